The highest BCUT2D eigenvalue weighted by atomic mass is 16.5. The number of nitrogens with one attached hydrogen (secondary N) is 1. The lowest BCUT2D eigenvalue weighted by Gasteiger charge is -2.27. The summed E-state index contributed by atoms with van der Waals surface area (Å²) < 4.78 is 4.85. The molecule has 0 radical (unpaired) electrons. The number of carbonyl (C=O) groups is 1. The molecule has 1 N–H and O–H groups in total. The van der Waals surface area contributed by atoms with Crippen LogP contribution >= 0.6 is 0 Å². The number of hydrogen-bond acceptors (Lipinski definition) is 4. The zero-order valence-corrected chi connectivity index (χ0v) is 13.7. The third-order valence-electron chi connectivity index (χ3n) is 4.03. The van der Waals surface area contributed by atoms with E-state index in [2.05, 4.69) is 41.5 Å². The van der Waals surface area contributed by atoms with Gasteiger partial charge in [-0.05, 0) is 52.4 Å². The molecular formula is C17H28N2O2. The zero-order valence-electron chi connectivity index (χ0n) is 13.7. The van der Waals surface area contributed by atoms with Gasteiger partial charge in [-0.2, -0.15) is 0 Å². The Kier molecular flexibility index (Phi) is 7.40. The van der Waals surface area contributed by atoms with Crippen molar-refractivity contribution in [2.24, 2.45) is 0 Å². The van der Waals surface area contributed by atoms with E-state index in [1.807, 2.05) is 13.0 Å². The van der Waals surface area contributed by atoms with Crippen molar-refractivity contribution in [1.82, 2.24) is 10.2 Å². The summed E-state index contributed by atoms with van der Waals surface area (Å²) in [5.41, 5.74) is 0.772. The van der Waals surface area contributed by atoms with Crippen LogP contribution in [0.15, 0.2) is 30.3 Å². The molecule has 0 aliphatic rings. The summed E-state index contributed by atoms with van der Waals surface area (Å²) in [6, 6.07) is 10.5. The first-order valence-corrected chi connectivity index (χ1v) is 7.51. The lowest BCUT2D eigenvalue weighted by molar-refractivity contribution is -0.148. The zero-order chi connectivity index (χ0) is 15.7. The molecule has 1 aromatic carbocycles. The van der Waals surface area contributed by atoms with Crippen molar-refractivity contribution in [3.63, 3.8) is 0 Å². The van der Waals surface area contributed by atoms with Crippen LogP contribution in [0.25, 0.3) is 0 Å². The minimum atomic E-state index is -0.588. The van der Waals surface area contributed by atoms with Crippen LogP contribution in [-0.2, 0) is 16.0 Å². The van der Waals surface area contributed by atoms with E-state index in [9.17, 15) is 4.79 Å². The molecule has 0 aromatic heterocycles. The summed E-state index contributed by atoms with van der Waals surface area (Å²) in [6.45, 7) is 3.89. The van der Waals surface area contributed by atoms with E-state index in [4.69, 9.17) is 4.74 Å². The van der Waals surface area contributed by atoms with Crippen LogP contribution in [0, 0.1) is 0 Å². The Hall–Kier alpha value is -1.39. The summed E-state index contributed by atoms with van der Waals surface area (Å²) in [6.07, 6.45) is 2.78. The van der Waals surface area contributed by atoms with Crippen molar-refractivity contribution in [2.45, 2.75) is 31.7 Å². The fraction of sp³-hybridized carbons (Fsp3) is 0.588. The van der Waals surface area contributed by atoms with Crippen molar-refractivity contribution in [3.05, 3.63) is 35.9 Å². The number of nitrogens with zero attached hydrogens (tertiary/aromatic N) is 1. The predicted molar refractivity (Wildman–Crippen MR) is 86.4 cm³/mol. The first-order chi connectivity index (χ1) is 10.0. The molecule has 0 amide bonds. The molecule has 4 nitrogen and oxygen atoms in total. The average Bonchev–Trinajstić information content (AvgIpc) is 2.52. The SMILES string of the molecule is CNC(C)(CCCN(C)CCc1ccccc1)C(=O)OC. The van der Waals surface area contributed by atoms with Gasteiger partial charge in [-0.15, -0.1) is 0 Å². The molecule has 1 atom stereocenters. The maximum atomic E-state index is 11.8. The van der Waals surface area contributed by atoms with Crippen LogP contribution < -0.4 is 5.32 Å². The Morgan fingerprint density at radius 2 is 1.95 bits per heavy atom. The van der Waals surface area contributed by atoms with Crippen LogP contribution in [0.1, 0.15) is 25.3 Å². The van der Waals surface area contributed by atoms with Crippen LogP contribution in [0.5, 0.6) is 0 Å². The highest BCUT2D eigenvalue weighted by Crippen LogP contribution is 2.14. The topological polar surface area (TPSA) is 41.6 Å². The van der Waals surface area contributed by atoms with Gasteiger partial charge in [-0.25, -0.2) is 0 Å². The second kappa shape index (κ2) is 8.80. The van der Waals surface area contributed by atoms with Gasteiger partial charge in [0, 0.05) is 6.54 Å². The van der Waals surface area contributed by atoms with E-state index >= 15 is 0 Å². The molecule has 0 fully saturated rings. The van der Waals surface area contributed by atoms with E-state index in [1.165, 1.54) is 12.7 Å². The van der Waals surface area contributed by atoms with Gasteiger partial charge in [0.15, 0.2) is 0 Å². The Balaban J connectivity index is 2.29. The molecule has 1 aromatic rings. The monoisotopic (exact) mass is 292 g/mol. The number of benzene rings is 1. The second-order valence-corrected chi connectivity index (χ2v) is 5.72. The van der Waals surface area contributed by atoms with E-state index in [0.717, 1.165) is 32.4 Å². The van der Waals surface area contributed by atoms with Crippen molar-refractivity contribution in [2.75, 3.05) is 34.3 Å². The maximum absolute atomic E-state index is 11.8. The van der Waals surface area contributed by atoms with Gasteiger partial charge in [0.05, 0.1) is 7.11 Å². The highest BCUT2D eigenvalue weighted by molar-refractivity contribution is 5.80. The Morgan fingerprint density at radius 1 is 1.29 bits per heavy atom. The molecule has 0 saturated carbocycles. The van der Waals surface area contributed by atoms with Gasteiger partial charge in [0.1, 0.15) is 5.54 Å². The standard InChI is InChI=1S/C17H28N2O2/c1-17(18-2,16(20)21-4)12-8-13-19(3)14-11-15-9-6-5-7-10-15/h5-7,9-10,18H,8,11-14H2,1-4H3. The first-order valence-electron chi connectivity index (χ1n) is 7.51. The highest BCUT2D eigenvalue weighted by Gasteiger charge is 2.31. The van der Waals surface area contributed by atoms with Gasteiger partial charge < -0.3 is 15.0 Å². The molecule has 0 heterocycles. The lowest BCUT2D eigenvalue weighted by Crippen LogP contribution is -2.48. The molecule has 118 valence electrons. The third kappa shape index (κ3) is 5.86. The third-order valence-corrected chi connectivity index (χ3v) is 4.03. The Bertz CT molecular complexity index is 422. The lowest BCUT2D eigenvalue weighted by atomic mass is 9.96. The summed E-state index contributed by atoms with van der Waals surface area (Å²) >= 11 is 0. The molecule has 0 spiro atoms. The Morgan fingerprint density at radius 3 is 2.52 bits per heavy atom. The Labute approximate surface area is 128 Å². The van der Waals surface area contributed by atoms with Gasteiger partial charge in [-0.1, -0.05) is 30.3 Å². The van der Waals surface area contributed by atoms with Gasteiger partial charge >= 0.3 is 5.97 Å². The number of ether oxygens (including phenoxy) is 1. The van der Waals surface area contributed by atoms with Crippen molar-refractivity contribution < 1.29 is 9.53 Å². The molecule has 4 heteroatoms. The number of carbonyl (C=O) groups excluding carboxylic acids is 1. The molecule has 1 rings (SSSR count). The fourth-order valence-corrected chi connectivity index (χ4v) is 2.33. The number of esters is 1. The average molecular weight is 292 g/mol. The van der Waals surface area contributed by atoms with Crippen molar-refractivity contribution >= 4 is 5.97 Å². The van der Waals surface area contributed by atoms with Gasteiger partial charge in [0.2, 0.25) is 0 Å². The van der Waals surface area contributed by atoms with Crippen molar-refractivity contribution in [1.29, 1.82) is 0 Å². The molecule has 0 aliphatic heterocycles. The van der Waals surface area contributed by atoms with Crippen LogP contribution in [-0.4, -0.2) is 50.7 Å². The van der Waals surface area contributed by atoms with Crippen LogP contribution in [0.2, 0.25) is 0 Å². The molecule has 0 saturated heterocycles. The summed E-state index contributed by atoms with van der Waals surface area (Å²) in [5, 5.41) is 3.07. The van der Waals surface area contributed by atoms with Gasteiger partial charge in [0.25, 0.3) is 0 Å². The fourth-order valence-electron chi connectivity index (χ4n) is 2.33. The molecule has 0 bridgehead atoms. The molecule has 0 aliphatic carbocycles. The van der Waals surface area contributed by atoms with E-state index in [0.29, 0.717) is 0 Å². The molecule has 1 unspecified atom stereocenters. The summed E-state index contributed by atoms with van der Waals surface area (Å²) in [5.74, 6) is -0.197. The first kappa shape index (κ1) is 17.7. The maximum Gasteiger partial charge on any atom is 0.325 e. The van der Waals surface area contributed by atoms with E-state index in [1.54, 1.807) is 7.05 Å². The van der Waals surface area contributed by atoms with Crippen LogP contribution in [0.3, 0.4) is 0 Å². The van der Waals surface area contributed by atoms with E-state index in [-0.39, 0.29) is 5.97 Å². The van der Waals surface area contributed by atoms with Gasteiger partial charge in [-0.3, -0.25) is 4.79 Å². The molecule has 21 heavy (non-hydrogen) atoms. The smallest absolute Gasteiger partial charge is 0.325 e. The van der Waals surface area contributed by atoms with Crippen molar-refractivity contribution in [3.8, 4) is 0 Å². The summed E-state index contributed by atoms with van der Waals surface area (Å²) in [7, 11) is 5.36. The number of likely N-dealkylation sites (N-methyl/N-ethyl adjacent to an activating group) is 2. The second-order valence-electron chi connectivity index (χ2n) is 5.72. The summed E-state index contributed by atoms with van der Waals surface area (Å²) in [4.78, 5) is 14.1. The van der Waals surface area contributed by atoms with Crippen LogP contribution in [0.4, 0.5) is 0 Å². The number of rotatable bonds is 9. The number of hydrogen-bond donors (Lipinski definition) is 1. The normalized spacial score (nSPS) is 14.0. The minimum absolute atomic E-state index is 0.197. The quantitative estimate of drug-likeness (QED) is 0.708. The minimum Gasteiger partial charge on any atom is -0.468 e. The number of methoxy groups -OCH3 is 1. The molecular weight excluding hydrogens is 264 g/mol. The predicted octanol–water partition coefficient (Wildman–Crippen LogP) is 2.09. The van der Waals surface area contributed by atoms with E-state index < -0.39 is 5.54 Å². The largest absolute Gasteiger partial charge is 0.468 e.